The zero-order valence-corrected chi connectivity index (χ0v) is 15.0. The van der Waals surface area contributed by atoms with Crippen molar-refractivity contribution in [3.8, 4) is 0 Å². The van der Waals surface area contributed by atoms with Gasteiger partial charge in [-0.2, -0.15) is 18.2 Å². The van der Waals surface area contributed by atoms with Crippen molar-refractivity contribution in [2.24, 2.45) is 5.92 Å². The number of aliphatic hydroxyl groups is 1. The molecule has 148 valence electrons. The Bertz CT molecular complexity index is 565. The molecule has 0 radical (unpaired) electrons. The number of hydrogen-bond donors (Lipinski definition) is 3. The SMILES string of the molecule is CC(C)[C@H](CO)Nc1nc(NCCN2CCOCC2)cc(C(F)(F)F)n1. The Morgan fingerprint density at radius 1 is 1.27 bits per heavy atom. The van der Waals surface area contributed by atoms with E-state index in [2.05, 4.69) is 25.5 Å². The number of aliphatic hydroxyl groups excluding tert-OH is 1. The maximum atomic E-state index is 13.1. The van der Waals surface area contributed by atoms with Crippen molar-refractivity contribution in [3.05, 3.63) is 11.8 Å². The number of halogens is 3. The van der Waals surface area contributed by atoms with Crippen LogP contribution in [0.15, 0.2) is 6.07 Å². The maximum Gasteiger partial charge on any atom is 0.433 e. The first kappa shape index (κ1) is 20.7. The van der Waals surface area contributed by atoms with Gasteiger partial charge < -0.3 is 20.5 Å². The Morgan fingerprint density at radius 2 is 1.96 bits per heavy atom. The molecule has 7 nitrogen and oxygen atoms in total. The highest BCUT2D eigenvalue weighted by Crippen LogP contribution is 2.29. The van der Waals surface area contributed by atoms with Crippen LogP contribution in [0.2, 0.25) is 0 Å². The number of nitrogens with one attached hydrogen (secondary N) is 2. The summed E-state index contributed by atoms with van der Waals surface area (Å²) in [4.78, 5) is 9.83. The van der Waals surface area contributed by atoms with Gasteiger partial charge in [0.1, 0.15) is 5.82 Å². The molecule has 1 aromatic rings. The molecule has 1 fully saturated rings. The summed E-state index contributed by atoms with van der Waals surface area (Å²) in [5.74, 6) is -0.0409. The van der Waals surface area contributed by atoms with Crippen molar-refractivity contribution >= 4 is 11.8 Å². The molecule has 1 saturated heterocycles. The molecular formula is C16H26F3N5O2. The Labute approximate surface area is 151 Å². The van der Waals surface area contributed by atoms with Crippen molar-refractivity contribution in [3.63, 3.8) is 0 Å². The fourth-order valence-electron chi connectivity index (χ4n) is 2.50. The molecule has 0 spiro atoms. The molecular weight excluding hydrogens is 351 g/mol. The molecule has 10 heteroatoms. The second kappa shape index (κ2) is 9.33. The van der Waals surface area contributed by atoms with Crippen LogP contribution in [-0.2, 0) is 10.9 Å². The number of nitrogens with zero attached hydrogens (tertiary/aromatic N) is 3. The summed E-state index contributed by atoms with van der Waals surface area (Å²) in [6.07, 6.45) is -4.58. The summed E-state index contributed by atoms with van der Waals surface area (Å²) in [7, 11) is 0. The number of alkyl halides is 3. The number of hydrogen-bond acceptors (Lipinski definition) is 7. The summed E-state index contributed by atoms with van der Waals surface area (Å²) >= 11 is 0. The van der Waals surface area contributed by atoms with E-state index in [0.717, 1.165) is 19.2 Å². The molecule has 0 amide bonds. The van der Waals surface area contributed by atoms with Gasteiger partial charge in [0.2, 0.25) is 5.95 Å². The van der Waals surface area contributed by atoms with Crippen molar-refractivity contribution < 1.29 is 23.0 Å². The molecule has 2 rings (SSSR count). The molecule has 1 aromatic heterocycles. The van der Waals surface area contributed by atoms with Crippen LogP contribution in [0.5, 0.6) is 0 Å². The Kier molecular flexibility index (Phi) is 7.42. The predicted molar refractivity (Wildman–Crippen MR) is 92.1 cm³/mol. The quantitative estimate of drug-likeness (QED) is 0.636. The monoisotopic (exact) mass is 377 g/mol. The van der Waals surface area contributed by atoms with Crippen LogP contribution < -0.4 is 10.6 Å². The van der Waals surface area contributed by atoms with Crippen LogP contribution in [-0.4, -0.2) is 72.0 Å². The van der Waals surface area contributed by atoms with E-state index >= 15 is 0 Å². The lowest BCUT2D eigenvalue weighted by molar-refractivity contribution is -0.141. The first-order valence-electron chi connectivity index (χ1n) is 8.67. The third kappa shape index (κ3) is 6.26. The van der Waals surface area contributed by atoms with Gasteiger partial charge in [-0.3, -0.25) is 4.90 Å². The van der Waals surface area contributed by atoms with Gasteiger partial charge in [0.05, 0.1) is 25.9 Å². The van der Waals surface area contributed by atoms with E-state index < -0.39 is 17.9 Å². The smallest absolute Gasteiger partial charge is 0.394 e. The largest absolute Gasteiger partial charge is 0.433 e. The fraction of sp³-hybridized carbons (Fsp3) is 0.750. The van der Waals surface area contributed by atoms with E-state index in [-0.39, 0.29) is 24.3 Å². The minimum atomic E-state index is -4.58. The zero-order valence-electron chi connectivity index (χ0n) is 15.0. The lowest BCUT2D eigenvalue weighted by Crippen LogP contribution is -2.39. The van der Waals surface area contributed by atoms with Crippen LogP contribution >= 0.6 is 0 Å². The van der Waals surface area contributed by atoms with Gasteiger partial charge in [0, 0.05) is 32.2 Å². The fourth-order valence-corrected chi connectivity index (χ4v) is 2.50. The minimum Gasteiger partial charge on any atom is -0.394 e. The van der Waals surface area contributed by atoms with Gasteiger partial charge in [0.25, 0.3) is 0 Å². The number of ether oxygens (including phenoxy) is 1. The summed E-state index contributed by atoms with van der Waals surface area (Å²) in [5, 5.41) is 15.1. The third-order valence-corrected chi connectivity index (χ3v) is 4.17. The molecule has 1 aliphatic heterocycles. The maximum absolute atomic E-state index is 13.1. The van der Waals surface area contributed by atoms with Crippen LogP contribution in [0.3, 0.4) is 0 Å². The molecule has 2 heterocycles. The van der Waals surface area contributed by atoms with Gasteiger partial charge in [-0.25, -0.2) is 4.98 Å². The van der Waals surface area contributed by atoms with E-state index in [1.54, 1.807) is 0 Å². The van der Waals surface area contributed by atoms with Gasteiger partial charge in [-0.05, 0) is 5.92 Å². The van der Waals surface area contributed by atoms with Crippen molar-refractivity contribution in [1.82, 2.24) is 14.9 Å². The Morgan fingerprint density at radius 3 is 2.54 bits per heavy atom. The molecule has 0 aliphatic carbocycles. The van der Waals surface area contributed by atoms with E-state index in [0.29, 0.717) is 26.3 Å². The lowest BCUT2D eigenvalue weighted by atomic mass is 10.1. The van der Waals surface area contributed by atoms with Crippen LogP contribution in [0.4, 0.5) is 24.9 Å². The molecule has 26 heavy (non-hydrogen) atoms. The van der Waals surface area contributed by atoms with E-state index in [4.69, 9.17) is 4.74 Å². The molecule has 3 N–H and O–H groups in total. The predicted octanol–water partition coefficient (Wildman–Crippen LogP) is 1.67. The highest BCUT2D eigenvalue weighted by molar-refractivity contribution is 5.43. The molecule has 0 aromatic carbocycles. The van der Waals surface area contributed by atoms with Gasteiger partial charge in [-0.1, -0.05) is 13.8 Å². The molecule has 0 unspecified atom stereocenters. The van der Waals surface area contributed by atoms with Crippen LogP contribution in [0.25, 0.3) is 0 Å². The second-order valence-electron chi connectivity index (χ2n) is 6.52. The summed E-state index contributed by atoms with van der Waals surface area (Å²) in [6, 6.07) is 0.466. The van der Waals surface area contributed by atoms with Crippen molar-refractivity contribution in [2.75, 3.05) is 56.6 Å². The topological polar surface area (TPSA) is 82.5 Å². The molecule has 0 saturated carbocycles. The summed E-state index contributed by atoms with van der Waals surface area (Å²) < 4.78 is 44.6. The van der Waals surface area contributed by atoms with E-state index in [1.165, 1.54) is 0 Å². The van der Waals surface area contributed by atoms with Gasteiger partial charge in [0.15, 0.2) is 5.69 Å². The minimum absolute atomic E-state index is 0.0101. The van der Waals surface area contributed by atoms with Crippen LogP contribution in [0.1, 0.15) is 19.5 Å². The number of morpholine rings is 1. The molecule has 0 bridgehead atoms. The summed E-state index contributed by atoms with van der Waals surface area (Å²) in [5.41, 5.74) is -1.02. The highest BCUT2D eigenvalue weighted by Gasteiger charge is 2.34. The number of aromatic nitrogens is 2. The molecule has 1 atom stereocenters. The first-order valence-corrected chi connectivity index (χ1v) is 8.67. The number of anilines is 2. The van der Waals surface area contributed by atoms with Gasteiger partial charge in [-0.15, -0.1) is 0 Å². The Hall–Kier alpha value is -1.65. The van der Waals surface area contributed by atoms with Crippen molar-refractivity contribution in [1.29, 1.82) is 0 Å². The normalized spacial score (nSPS) is 17.3. The standard InChI is InChI=1S/C16H26F3N5O2/c1-11(2)12(10-25)21-15-22-13(16(17,18)19)9-14(23-15)20-3-4-24-5-7-26-8-6-24/h9,11-12,25H,3-8,10H2,1-2H3,(H2,20,21,22,23)/t12-/m0/s1. The third-order valence-electron chi connectivity index (χ3n) is 4.17. The average Bonchev–Trinajstić information content (AvgIpc) is 2.59. The highest BCUT2D eigenvalue weighted by atomic mass is 19.4. The lowest BCUT2D eigenvalue weighted by Gasteiger charge is -2.26. The van der Waals surface area contributed by atoms with E-state index in [9.17, 15) is 18.3 Å². The zero-order chi connectivity index (χ0) is 19.2. The van der Waals surface area contributed by atoms with Gasteiger partial charge >= 0.3 is 6.18 Å². The second-order valence-corrected chi connectivity index (χ2v) is 6.52. The Balaban J connectivity index is 2.07. The summed E-state index contributed by atoms with van der Waals surface area (Å²) in [6.45, 7) is 7.56. The first-order chi connectivity index (χ1) is 12.3. The van der Waals surface area contributed by atoms with Crippen molar-refractivity contribution in [2.45, 2.75) is 26.1 Å². The number of rotatable bonds is 8. The average molecular weight is 377 g/mol. The van der Waals surface area contributed by atoms with Crippen LogP contribution in [0, 0.1) is 5.92 Å². The van der Waals surface area contributed by atoms with E-state index in [1.807, 2.05) is 13.8 Å². The molecule has 1 aliphatic rings.